The summed E-state index contributed by atoms with van der Waals surface area (Å²) >= 11 is 6.71. The number of aliphatic hydroxyl groups is 1. The molecule has 3 heterocycles. The summed E-state index contributed by atoms with van der Waals surface area (Å²) in [4.78, 5) is 21.3. The summed E-state index contributed by atoms with van der Waals surface area (Å²) in [6.45, 7) is 7.79. The summed E-state index contributed by atoms with van der Waals surface area (Å²) < 4.78 is 18.1. The van der Waals surface area contributed by atoms with Crippen molar-refractivity contribution in [1.82, 2.24) is 9.88 Å². The molecule has 242 valence electrons. The zero-order valence-corrected chi connectivity index (χ0v) is 27.1. The fourth-order valence-electron chi connectivity index (χ4n) is 6.64. The lowest BCUT2D eigenvalue weighted by Crippen LogP contribution is -2.48. The second-order valence-corrected chi connectivity index (χ2v) is 12.1. The van der Waals surface area contributed by atoms with E-state index >= 15 is 0 Å². The minimum absolute atomic E-state index is 0.193. The highest BCUT2D eigenvalue weighted by Crippen LogP contribution is 2.38. The number of aliphatic carboxylic acids is 1. The molecule has 1 unspecified atom stereocenters. The van der Waals surface area contributed by atoms with E-state index in [1.165, 1.54) is 11.1 Å². The first kappa shape index (κ1) is 33.0. The number of carbonyl (C=O) groups is 1. The van der Waals surface area contributed by atoms with Crippen molar-refractivity contribution < 1.29 is 29.2 Å². The number of carboxylic acid groups (broad SMARTS) is 1. The van der Waals surface area contributed by atoms with Crippen molar-refractivity contribution in [2.45, 2.75) is 64.8 Å². The number of nitrogens with zero attached hydrogens (tertiary/aromatic N) is 3. The smallest absolute Gasteiger partial charge is 0.309 e. The van der Waals surface area contributed by atoms with Crippen LogP contribution in [0.25, 0.3) is 11.3 Å². The van der Waals surface area contributed by atoms with Crippen LogP contribution >= 0.6 is 11.6 Å². The zero-order chi connectivity index (χ0) is 31.9. The van der Waals surface area contributed by atoms with Gasteiger partial charge in [-0.1, -0.05) is 36.7 Å². The maximum Gasteiger partial charge on any atom is 0.309 e. The zero-order valence-electron chi connectivity index (χ0n) is 26.4. The molecule has 0 saturated carbocycles. The normalized spacial score (nSPS) is 19.2. The number of ether oxygens (including phenoxy) is 3. The van der Waals surface area contributed by atoms with E-state index in [1.54, 1.807) is 7.11 Å². The fraction of sp³-hybridized carbons (Fsp3) is 0.486. The number of pyridine rings is 1. The van der Waals surface area contributed by atoms with Crippen molar-refractivity contribution in [3.05, 3.63) is 70.2 Å². The van der Waals surface area contributed by atoms with Crippen LogP contribution in [0.5, 0.6) is 11.5 Å². The molecule has 0 amide bonds. The van der Waals surface area contributed by atoms with E-state index < -0.39 is 18.0 Å². The molecule has 2 aliphatic heterocycles. The molecule has 2 aliphatic rings. The van der Waals surface area contributed by atoms with Crippen LogP contribution in [0.4, 0.5) is 5.82 Å². The quantitative estimate of drug-likeness (QED) is 0.240. The first-order valence-corrected chi connectivity index (χ1v) is 16.3. The van der Waals surface area contributed by atoms with Crippen molar-refractivity contribution in [2.75, 3.05) is 44.9 Å². The van der Waals surface area contributed by atoms with Crippen LogP contribution in [-0.2, 0) is 29.1 Å². The Morgan fingerprint density at radius 2 is 1.98 bits per heavy atom. The minimum Gasteiger partial charge on any atom is -0.496 e. The van der Waals surface area contributed by atoms with E-state index in [-0.39, 0.29) is 6.61 Å². The Kier molecular flexibility index (Phi) is 11.2. The van der Waals surface area contributed by atoms with Crippen LogP contribution in [0.1, 0.15) is 49.8 Å². The number of rotatable bonds is 13. The van der Waals surface area contributed by atoms with Gasteiger partial charge in [0.2, 0.25) is 0 Å². The Labute approximate surface area is 270 Å². The second-order valence-electron chi connectivity index (χ2n) is 11.7. The monoisotopic (exact) mass is 637 g/mol. The highest BCUT2D eigenvalue weighted by molar-refractivity contribution is 6.32. The molecule has 0 bridgehead atoms. The summed E-state index contributed by atoms with van der Waals surface area (Å²) in [6, 6.07) is 16.1. The second kappa shape index (κ2) is 15.3. The van der Waals surface area contributed by atoms with Crippen molar-refractivity contribution in [1.29, 1.82) is 0 Å². The molecule has 0 aliphatic carbocycles. The number of hydrogen-bond acceptors (Lipinski definition) is 8. The van der Waals surface area contributed by atoms with Gasteiger partial charge in [0.05, 0.1) is 29.8 Å². The van der Waals surface area contributed by atoms with Gasteiger partial charge in [-0.3, -0.25) is 9.69 Å². The van der Waals surface area contributed by atoms with Crippen LogP contribution in [0.3, 0.4) is 0 Å². The highest BCUT2D eigenvalue weighted by Gasteiger charge is 2.35. The molecule has 10 heteroatoms. The van der Waals surface area contributed by atoms with Crippen molar-refractivity contribution in [2.24, 2.45) is 5.92 Å². The van der Waals surface area contributed by atoms with Crippen molar-refractivity contribution in [3.63, 3.8) is 0 Å². The largest absolute Gasteiger partial charge is 0.496 e. The molecule has 45 heavy (non-hydrogen) atoms. The van der Waals surface area contributed by atoms with Crippen molar-refractivity contribution in [3.8, 4) is 22.8 Å². The van der Waals surface area contributed by atoms with E-state index in [1.807, 2.05) is 49.4 Å². The minimum atomic E-state index is -0.822. The Morgan fingerprint density at radius 3 is 2.71 bits per heavy atom. The lowest BCUT2D eigenvalue weighted by Gasteiger charge is -2.37. The highest BCUT2D eigenvalue weighted by atomic mass is 35.5. The first-order valence-electron chi connectivity index (χ1n) is 15.9. The lowest BCUT2D eigenvalue weighted by molar-refractivity contribution is -0.148. The number of aliphatic hydroxyl groups excluding tert-OH is 1. The third-order valence-corrected chi connectivity index (χ3v) is 9.30. The average molecular weight is 638 g/mol. The maximum atomic E-state index is 11.8. The molecule has 0 radical (unpaired) electrons. The molecular formula is C35H44ClN3O6. The van der Waals surface area contributed by atoms with E-state index in [4.69, 9.17) is 30.8 Å². The van der Waals surface area contributed by atoms with Gasteiger partial charge < -0.3 is 29.3 Å². The topological polar surface area (TPSA) is 105 Å². The van der Waals surface area contributed by atoms with Crippen LogP contribution in [0.2, 0.25) is 5.02 Å². The van der Waals surface area contributed by atoms with E-state index in [9.17, 15) is 15.0 Å². The number of piperidine rings is 1. The molecule has 2 aromatic carbocycles. The Morgan fingerprint density at radius 1 is 1.16 bits per heavy atom. The standard InChI is InChI=1S/C35H44ClN3O6/c1-4-25(14-17-40)38-15-12-24-18-23(19-31(43-3)28(24)20-38)22-45-34-26(8-6-9-29(34)36)30-10-7-11-33(37-30)39-16-13-27(35(41)42)32(21-39)44-5-2/h6-11,18-19,25,27,32,40H,4-5,12-17,20-22H2,1-3H3,(H,41,42)/t25?,27-,32+/m1/s1. The summed E-state index contributed by atoms with van der Waals surface area (Å²) in [6.07, 6.45) is 2.76. The van der Waals surface area contributed by atoms with Gasteiger partial charge in [-0.2, -0.15) is 0 Å². The van der Waals surface area contributed by atoms with E-state index in [0.29, 0.717) is 49.5 Å². The van der Waals surface area contributed by atoms with Gasteiger partial charge in [-0.15, -0.1) is 0 Å². The third kappa shape index (κ3) is 7.55. The fourth-order valence-corrected chi connectivity index (χ4v) is 6.87. The number of fused-ring (bicyclic) bond motifs is 1. The molecular weight excluding hydrogens is 594 g/mol. The van der Waals surface area contributed by atoms with Gasteiger partial charge in [0.15, 0.2) is 0 Å². The molecule has 1 fully saturated rings. The predicted octanol–water partition coefficient (Wildman–Crippen LogP) is 5.82. The van der Waals surface area contributed by atoms with Crippen LogP contribution in [0.15, 0.2) is 48.5 Å². The SMILES string of the molecule is CCO[C@H]1CN(c2cccc(-c3cccc(Cl)c3OCc3cc4c(c(OC)c3)CN(C(CC)CCO)CC4)n2)CC[C@H]1C(=O)O. The first-order chi connectivity index (χ1) is 21.9. The number of para-hydroxylation sites is 1. The van der Waals surface area contributed by atoms with Gasteiger partial charge in [-0.25, -0.2) is 4.98 Å². The number of halogens is 1. The number of anilines is 1. The van der Waals surface area contributed by atoms with Crippen molar-refractivity contribution >= 4 is 23.4 Å². The number of carboxylic acids is 1. The summed E-state index contributed by atoms with van der Waals surface area (Å²) in [5.41, 5.74) is 4.95. The molecule has 1 saturated heterocycles. The van der Waals surface area contributed by atoms with Gasteiger partial charge in [-0.05, 0) is 74.1 Å². The van der Waals surface area contributed by atoms with Crippen LogP contribution in [0, 0.1) is 5.92 Å². The average Bonchev–Trinajstić information content (AvgIpc) is 3.06. The number of hydrogen-bond donors (Lipinski definition) is 2. The molecule has 3 atom stereocenters. The number of benzene rings is 2. The van der Waals surface area contributed by atoms with E-state index in [0.717, 1.165) is 60.7 Å². The Bertz CT molecular complexity index is 1450. The van der Waals surface area contributed by atoms with Crippen LogP contribution < -0.4 is 14.4 Å². The Hall–Kier alpha value is -3.37. The molecule has 5 rings (SSSR count). The molecule has 3 aromatic rings. The lowest BCUT2D eigenvalue weighted by atomic mass is 9.93. The van der Waals surface area contributed by atoms with Gasteiger partial charge in [0.1, 0.15) is 23.9 Å². The molecule has 0 spiro atoms. The predicted molar refractivity (Wildman–Crippen MR) is 175 cm³/mol. The van der Waals surface area contributed by atoms with Gasteiger partial charge in [0.25, 0.3) is 0 Å². The summed E-state index contributed by atoms with van der Waals surface area (Å²) in [7, 11) is 1.70. The van der Waals surface area contributed by atoms with Crippen LogP contribution in [-0.4, -0.2) is 78.2 Å². The van der Waals surface area contributed by atoms with Gasteiger partial charge >= 0.3 is 5.97 Å². The number of aromatic nitrogens is 1. The van der Waals surface area contributed by atoms with E-state index in [2.05, 4.69) is 22.8 Å². The third-order valence-electron chi connectivity index (χ3n) is 9.00. The Balaban J connectivity index is 1.35. The molecule has 1 aromatic heterocycles. The maximum absolute atomic E-state index is 11.8. The van der Waals surface area contributed by atoms with Gasteiger partial charge in [0, 0.05) is 56.6 Å². The molecule has 2 N–H and O–H groups in total. The summed E-state index contributed by atoms with van der Waals surface area (Å²) in [5.74, 6) is 0.804. The molecule has 9 nitrogen and oxygen atoms in total. The summed E-state index contributed by atoms with van der Waals surface area (Å²) in [5, 5.41) is 19.7. The number of methoxy groups -OCH3 is 1.